The molecule has 0 amide bonds. The quantitative estimate of drug-likeness (QED) is 0.166. The molecule has 144 valence electrons. The van der Waals surface area contributed by atoms with Crippen LogP contribution < -0.4 is 29.6 Å². The Morgan fingerprint density at radius 3 is 1.92 bits per heavy atom. The molecule has 0 aromatic rings. The molecule has 0 aliphatic heterocycles. The minimum Gasteiger partial charge on any atom is -1.00 e. The summed E-state index contributed by atoms with van der Waals surface area (Å²) in [5.41, 5.74) is 0. The molecule has 0 N–H and O–H groups in total. The monoisotopic (exact) mass is 362 g/mol. The summed E-state index contributed by atoms with van der Waals surface area (Å²) in [7, 11) is 0. The van der Waals surface area contributed by atoms with Gasteiger partial charge in [0.25, 0.3) is 0 Å². The minimum absolute atomic E-state index is 0. The zero-order chi connectivity index (χ0) is 17.9. The van der Waals surface area contributed by atoms with Crippen LogP contribution in [0.25, 0.3) is 0 Å². The van der Waals surface area contributed by atoms with E-state index in [1.54, 1.807) is 0 Å². The maximum Gasteiger partial charge on any atom is 1.00 e. The number of hydrogen-bond donors (Lipinski definition) is 0. The van der Waals surface area contributed by atoms with E-state index < -0.39 is 0 Å². The van der Waals surface area contributed by atoms with E-state index in [2.05, 4.69) is 26.0 Å². The first-order chi connectivity index (χ1) is 11.8. The third kappa shape index (κ3) is 18.8. The largest absolute Gasteiger partial charge is 1.00 e. The zero-order valence-electron chi connectivity index (χ0n) is 18.7. The zero-order valence-corrected chi connectivity index (χ0v) is 19.7. The number of carbonyl (C=O) groups excluding carboxylic acids is 1. The number of hydrogen-bond acceptors (Lipinski definition) is 2. The first kappa shape index (κ1) is 27.4. The predicted octanol–water partition coefficient (Wildman–Crippen LogP) is 4.34. The Balaban J connectivity index is -0.00000264. The molecule has 0 bridgehead atoms. The summed E-state index contributed by atoms with van der Waals surface area (Å²) < 4.78 is 5.16. The van der Waals surface area contributed by atoms with Crippen LogP contribution in [0, 0.1) is 5.92 Å². The van der Waals surface area contributed by atoms with Gasteiger partial charge < -0.3 is 6.16 Å². The molecule has 0 heterocycles. The second-order valence-electron chi connectivity index (χ2n) is 6.90. The van der Waals surface area contributed by atoms with Crippen LogP contribution in [0.4, 0.5) is 0 Å². The molecule has 2 nitrogen and oxygen atoms in total. The topological polar surface area (TPSA) is 26.3 Å². The molecule has 0 saturated carbocycles. The third-order valence-corrected chi connectivity index (χ3v) is 4.58. The van der Waals surface area contributed by atoms with Gasteiger partial charge in [0.15, 0.2) is 0 Å². The maximum atomic E-state index is 11.8. The first-order valence-electron chi connectivity index (χ1n) is 10.6. The Hall–Kier alpha value is 0.210. The number of esters is 1. The van der Waals surface area contributed by atoms with E-state index in [1.807, 2.05) is 6.92 Å². The van der Waals surface area contributed by atoms with Crippen molar-refractivity contribution in [3.8, 4) is 0 Å². The molecule has 0 aliphatic rings. The van der Waals surface area contributed by atoms with Gasteiger partial charge in [-0.25, -0.2) is 0 Å². The first-order valence-corrected chi connectivity index (χ1v) is 10.6. The van der Waals surface area contributed by atoms with E-state index in [1.165, 1.54) is 64.2 Å². The van der Waals surface area contributed by atoms with Crippen LogP contribution in [0.1, 0.15) is 112 Å². The minimum atomic E-state index is -0.00770. The van der Waals surface area contributed by atoms with Crippen molar-refractivity contribution in [2.24, 2.45) is 5.92 Å². The van der Waals surface area contributed by atoms with Crippen molar-refractivity contribution in [3.63, 3.8) is 0 Å². The Morgan fingerprint density at radius 2 is 1.36 bits per heavy atom. The Bertz CT molecular complexity index is 309. The van der Waals surface area contributed by atoms with Crippen molar-refractivity contribution in [2.75, 3.05) is 6.61 Å². The fourth-order valence-electron chi connectivity index (χ4n) is 3.09. The summed E-state index contributed by atoms with van der Waals surface area (Å²) in [6, 6.07) is 0. The second kappa shape index (κ2) is 22.3. The Kier molecular flexibility index (Phi) is 24.4. The molecule has 0 fully saturated rings. The molecule has 0 aromatic heterocycles. The summed E-state index contributed by atoms with van der Waals surface area (Å²) in [4.78, 5) is 11.8. The van der Waals surface area contributed by atoms with E-state index in [0.29, 0.717) is 6.61 Å². The molecule has 0 aliphatic carbocycles. The molecule has 0 spiro atoms. The fraction of sp³-hybridized carbons (Fsp3) is 0.864. The molecule has 25 heavy (non-hydrogen) atoms. The van der Waals surface area contributed by atoms with Gasteiger partial charge in [0.1, 0.15) is 0 Å². The summed E-state index contributed by atoms with van der Waals surface area (Å²) in [5.74, 6) is 0.0824. The summed E-state index contributed by atoms with van der Waals surface area (Å²) >= 11 is 0. The van der Waals surface area contributed by atoms with Gasteiger partial charge in [0.05, 0.1) is 12.5 Å². The van der Waals surface area contributed by atoms with Crippen LogP contribution in [0.5, 0.6) is 0 Å². The van der Waals surface area contributed by atoms with Crippen molar-refractivity contribution < 1.29 is 40.5 Å². The van der Waals surface area contributed by atoms with Gasteiger partial charge in [0, 0.05) is 0 Å². The normalized spacial score (nSPS) is 12.1. The van der Waals surface area contributed by atoms with Crippen LogP contribution in [0.2, 0.25) is 0 Å². The Labute approximate surface area is 181 Å². The number of allylic oxidation sites excluding steroid dienone is 2. The second-order valence-corrected chi connectivity index (χ2v) is 6.90. The SMILES string of the molecule is CCCCCCCCCCCC=CCCC(CCC)C(=O)OCC.[H-].[Na+]. The van der Waals surface area contributed by atoms with Crippen molar-refractivity contribution in [2.45, 2.75) is 111 Å². The van der Waals surface area contributed by atoms with E-state index in [9.17, 15) is 4.79 Å². The molecular weight excluding hydrogens is 319 g/mol. The average molecular weight is 363 g/mol. The number of carbonyl (C=O) groups is 1. The van der Waals surface area contributed by atoms with E-state index >= 15 is 0 Å². The summed E-state index contributed by atoms with van der Waals surface area (Å²) in [6.45, 7) is 6.78. The summed E-state index contributed by atoms with van der Waals surface area (Å²) in [5, 5.41) is 0. The standard InChI is InChI=1S/C22H42O2.Na.H/c1-4-7-8-9-10-11-12-13-14-15-16-17-18-20-21(19-5-2)22(23)24-6-3;;/h16-17,21H,4-15,18-20H2,1-3H3;;/q;+1;-1. The molecule has 3 heteroatoms. The Morgan fingerprint density at radius 1 is 0.800 bits per heavy atom. The molecule has 0 aromatic carbocycles. The van der Waals surface area contributed by atoms with Crippen LogP contribution >= 0.6 is 0 Å². The van der Waals surface area contributed by atoms with Gasteiger partial charge >= 0.3 is 35.5 Å². The number of ether oxygens (including phenoxy) is 1. The van der Waals surface area contributed by atoms with Crippen molar-refractivity contribution in [1.29, 1.82) is 0 Å². The third-order valence-electron chi connectivity index (χ3n) is 4.58. The molecule has 0 rings (SSSR count). The smallest absolute Gasteiger partial charge is 1.00 e. The van der Waals surface area contributed by atoms with Crippen LogP contribution in [-0.2, 0) is 9.53 Å². The van der Waals surface area contributed by atoms with Crippen LogP contribution in [0.15, 0.2) is 12.2 Å². The van der Waals surface area contributed by atoms with Crippen molar-refractivity contribution in [3.05, 3.63) is 12.2 Å². The average Bonchev–Trinajstić information content (AvgIpc) is 2.58. The molecule has 0 radical (unpaired) electrons. The molecule has 1 atom stereocenters. The van der Waals surface area contributed by atoms with Gasteiger partial charge in [0.2, 0.25) is 0 Å². The van der Waals surface area contributed by atoms with Gasteiger partial charge in [-0.2, -0.15) is 0 Å². The van der Waals surface area contributed by atoms with Crippen molar-refractivity contribution in [1.82, 2.24) is 0 Å². The van der Waals surface area contributed by atoms with E-state index in [0.717, 1.165) is 25.7 Å². The number of rotatable bonds is 17. The van der Waals surface area contributed by atoms with Gasteiger partial charge in [-0.1, -0.05) is 83.8 Å². The molecule has 1 unspecified atom stereocenters. The van der Waals surface area contributed by atoms with Crippen LogP contribution in [-0.4, -0.2) is 12.6 Å². The van der Waals surface area contributed by atoms with E-state index in [-0.39, 0.29) is 42.9 Å². The van der Waals surface area contributed by atoms with Gasteiger partial charge in [-0.15, -0.1) is 0 Å². The van der Waals surface area contributed by atoms with Gasteiger partial charge in [-0.3, -0.25) is 4.79 Å². The number of unbranched alkanes of at least 4 members (excludes halogenated alkanes) is 9. The van der Waals surface area contributed by atoms with E-state index in [4.69, 9.17) is 4.74 Å². The molecular formula is C22H43NaO2. The molecule has 0 saturated heterocycles. The van der Waals surface area contributed by atoms with Crippen LogP contribution in [0.3, 0.4) is 0 Å². The fourth-order valence-corrected chi connectivity index (χ4v) is 3.09. The van der Waals surface area contributed by atoms with Gasteiger partial charge in [-0.05, 0) is 39.0 Å². The van der Waals surface area contributed by atoms with Crippen molar-refractivity contribution >= 4 is 5.97 Å². The predicted molar refractivity (Wildman–Crippen MR) is 106 cm³/mol. The summed E-state index contributed by atoms with van der Waals surface area (Å²) in [6.07, 6.45) is 22.1. The maximum absolute atomic E-state index is 11.8.